The third-order valence-electron chi connectivity index (χ3n) is 7.83. The van der Waals surface area contributed by atoms with Crippen LogP contribution in [0.15, 0.2) is 48.5 Å². The van der Waals surface area contributed by atoms with Gasteiger partial charge in [0.25, 0.3) is 5.69 Å². The van der Waals surface area contributed by atoms with Crippen molar-refractivity contribution in [2.24, 2.45) is 11.5 Å². The molecular weight excluding hydrogens is 747 g/mol. The number of halogens is 1. The van der Waals surface area contributed by atoms with E-state index in [0.29, 0.717) is 0 Å². The molecule has 2 aromatic rings. The van der Waals surface area contributed by atoms with Gasteiger partial charge in [-0.25, -0.2) is 4.39 Å². The van der Waals surface area contributed by atoms with Crippen molar-refractivity contribution in [1.29, 1.82) is 0 Å². The van der Waals surface area contributed by atoms with Crippen molar-refractivity contribution in [3.63, 3.8) is 0 Å². The molecule has 0 fully saturated rings. The summed E-state index contributed by atoms with van der Waals surface area (Å²) in [6.45, 7) is -0.819. The Hall–Kier alpha value is -7.00. The number of non-ortho nitro benzene ring substituents is 1. The van der Waals surface area contributed by atoms with Gasteiger partial charge in [-0.05, 0) is 36.1 Å². The van der Waals surface area contributed by atoms with Crippen molar-refractivity contribution in [2.45, 2.75) is 75.5 Å². The second kappa shape index (κ2) is 22.3. The van der Waals surface area contributed by atoms with E-state index in [2.05, 4.69) is 26.6 Å². The largest absolute Gasteiger partial charge is 0.481 e. The second-order valence-electron chi connectivity index (χ2n) is 12.3. The van der Waals surface area contributed by atoms with Gasteiger partial charge in [-0.3, -0.25) is 53.3 Å². The predicted molar refractivity (Wildman–Crippen MR) is 189 cm³/mol. The van der Waals surface area contributed by atoms with E-state index in [1.165, 1.54) is 24.3 Å². The van der Waals surface area contributed by atoms with Gasteiger partial charge in [0, 0.05) is 44.2 Å². The summed E-state index contributed by atoms with van der Waals surface area (Å²) < 4.78 is 14.1. The van der Waals surface area contributed by atoms with E-state index in [4.69, 9.17) is 21.7 Å². The number of nitrogens with one attached hydrogen (secondary N) is 5. The van der Waals surface area contributed by atoms with Crippen LogP contribution in [0.3, 0.4) is 0 Å². The molecule has 7 amide bonds. The summed E-state index contributed by atoms with van der Waals surface area (Å²) in [5.41, 5.74) is 10.7. The van der Waals surface area contributed by atoms with E-state index in [9.17, 15) is 57.7 Å². The van der Waals surface area contributed by atoms with Crippen molar-refractivity contribution >= 4 is 59.0 Å². The number of carbonyl (C=O) groups excluding carboxylic acids is 7. The maximum absolute atomic E-state index is 14.1. The molecule has 0 aliphatic rings. The molecule has 0 unspecified atom stereocenters. The number of carboxylic acid groups (broad SMARTS) is 2. The first-order valence-electron chi connectivity index (χ1n) is 16.8. The average Bonchev–Trinajstić information content (AvgIpc) is 3.12. The molecule has 4 atom stereocenters. The molecule has 0 bridgehead atoms. The Labute approximate surface area is 317 Å². The number of amides is 7. The van der Waals surface area contributed by atoms with Crippen LogP contribution in [-0.2, 0) is 56.0 Å². The third kappa shape index (κ3) is 16.8. The molecule has 0 aliphatic carbocycles. The molecule has 0 saturated carbocycles. The number of benzene rings is 2. The van der Waals surface area contributed by atoms with Crippen LogP contribution in [-0.4, -0.2) is 99.1 Å². The zero-order chi connectivity index (χ0) is 41.9. The van der Waals surface area contributed by atoms with E-state index in [-0.39, 0.29) is 42.5 Å². The van der Waals surface area contributed by atoms with E-state index in [1.807, 2.05) is 0 Å². The highest BCUT2D eigenvalue weighted by Gasteiger charge is 2.31. The number of nitrogens with zero attached hydrogens (tertiary/aromatic N) is 1. The lowest BCUT2D eigenvalue weighted by molar-refractivity contribution is -0.384. The maximum Gasteiger partial charge on any atom is 0.303 e. The second-order valence-corrected chi connectivity index (χ2v) is 12.3. The molecule has 0 saturated heterocycles. The van der Waals surface area contributed by atoms with E-state index in [1.54, 1.807) is 0 Å². The van der Waals surface area contributed by atoms with Crippen LogP contribution in [0.4, 0.5) is 10.1 Å². The number of nitro groups is 1. The number of carboxylic acids is 2. The standard InChI is InChI=1S/C34H41FN8O13/c35-20-3-1-2-19(14-20)16-24(40-28(46)17-38-32(52)23(8-10-26(36)44)39-27(45)11-13-30(49)50)33(53)42-25(15-18-4-6-21(7-5-18)43(55)56)34(54)41-22(31(37)51)9-12-29(47)48/h1-7,14,22-25H,8-13,15-17H2,(H2,36,44)(H2,37,51)(H,38,52)(H,39,45)(H,40,46)(H,41,54)(H,42,53)(H,47,48)(H,49,50)/t22-,23-,24-,25-/m0/s1. The van der Waals surface area contributed by atoms with Crippen molar-refractivity contribution in [3.05, 3.63) is 75.6 Å². The minimum absolute atomic E-state index is 0.198. The zero-order valence-corrected chi connectivity index (χ0v) is 29.7. The molecule has 2 aromatic carbocycles. The molecule has 0 spiro atoms. The summed E-state index contributed by atoms with van der Waals surface area (Å²) in [4.78, 5) is 121. The SMILES string of the molecule is NC(=O)CC[C@H](NC(=O)CCC(=O)O)C(=O)NCC(=O)N[C@@H](Cc1cccc(F)c1)C(=O)N[C@@H](Cc1ccc([N+](=O)[O-])cc1)C(=O)N[C@@H](CCC(=O)O)C(N)=O. The van der Waals surface area contributed by atoms with E-state index in [0.717, 1.165) is 24.3 Å². The summed E-state index contributed by atoms with van der Waals surface area (Å²) in [5.74, 6) is -10.1. The van der Waals surface area contributed by atoms with Crippen LogP contribution in [0, 0.1) is 15.9 Å². The Morgan fingerprint density at radius 2 is 1.21 bits per heavy atom. The lowest BCUT2D eigenvalue weighted by atomic mass is 10.0. The lowest BCUT2D eigenvalue weighted by Crippen LogP contribution is -2.58. The van der Waals surface area contributed by atoms with Crippen molar-refractivity contribution in [1.82, 2.24) is 26.6 Å². The van der Waals surface area contributed by atoms with Gasteiger partial charge in [-0.1, -0.05) is 24.3 Å². The van der Waals surface area contributed by atoms with Gasteiger partial charge in [0.15, 0.2) is 0 Å². The molecule has 56 heavy (non-hydrogen) atoms. The van der Waals surface area contributed by atoms with Crippen molar-refractivity contribution < 1.29 is 62.7 Å². The Morgan fingerprint density at radius 1 is 0.661 bits per heavy atom. The zero-order valence-electron chi connectivity index (χ0n) is 29.7. The molecule has 302 valence electrons. The Balaban J connectivity index is 2.34. The molecule has 0 heterocycles. The predicted octanol–water partition coefficient (Wildman–Crippen LogP) is -1.95. The summed E-state index contributed by atoms with van der Waals surface area (Å²) >= 11 is 0. The topological polar surface area (TPSA) is 349 Å². The van der Waals surface area contributed by atoms with Crippen LogP contribution >= 0.6 is 0 Å². The van der Waals surface area contributed by atoms with Gasteiger partial charge < -0.3 is 48.3 Å². The Bertz CT molecular complexity index is 1810. The molecule has 0 aliphatic heterocycles. The van der Waals surface area contributed by atoms with E-state index < -0.39 is 120 Å². The normalized spacial score (nSPS) is 12.7. The summed E-state index contributed by atoms with van der Waals surface area (Å²) in [7, 11) is 0. The molecule has 2 rings (SSSR count). The molecule has 22 heteroatoms. The van der Waals surface area contributed by atoms with Gasteiger partial charge in [0.2, 0.25) is 41.4 Å². The van der Waals surface area contributed by atoms with Gasteiger partial charge in [-0.2, -0.15) is 0 Å². The molecule has 0 aromatic heterocycles. The highest BCUT2D eigenvalue weighted by atomic mass is 19.1. The Morgan fingerprint density at radius 3 is 1.77 bits per heavy atom. The number of hydrogen-bond donors (Lipinski definition) is 9. The number of nitrogens with two attached hydrogens (primary N) is 2. The number of primary amides is 2. The highest BCUT2D eigenvalue weighted by molar-refractivity contribution is 5.96. The minimum Gasteiger partial charge on any atom is -0.481 e. The van der Waals surface area contributed by atoms with Gasteiger partial charge in [-0.15, -0.1) is 0 Å². The monoisotopic (exact) mass is 788 g/mol. The number of carbonyl (C=O) groups is 9. The fraction of sp³-hybridized carbons (Fsp3) is 0.382. The first kappa shape index (κ1) is 45.2. The number of hydrogen-bond acceptors (Lipinski definition) is 11. The Kier molecular flexibility index (Phi) is 18.0. The molecule has 11 N–H and O–H groups in total. The molecular formula is C34H41FN8O13. The maximum atomic E-state index is 14.1. The fourth-order valence-electron chi connectivity index (χ4n) is 4.98. The third-order valence-corrected chi connectivity index (χ3v) is 7.83. The van der Waals surface area contributed by atoms with Crippen LogP contribution < -0.4 is 38.1 Å². The highest BCUT2D eigenvalue weighted by Crippen LogP contribution is 2.14. The first-order chi connectivity index (χ1) is 26.3. The van der Waals surface area contributed by atoms with Gasteiger partial charge in [0.1, 0.15) is 30.0 Å². The summed E-state index contributed by atoms with van der Waals surface area (Å²) in [6.07, 6.45) is -3.42. The number of rotatable bonds is 24. The molecule has 21 nitrogen and oxygen atoms in total. The van der Waals surface area contributed by atoms with Crippen LogP contribution in [0.25, 0.3) is 0 Å². The lowest BCUT2D eigenvalue weighted by Gasteiger charge is -2.25. The average molecular weight is 789 g/mol. The minimum atomic E-state index is -1.58. The van der Waals surface area contributed by atoms with Crippen LogP contribution in [0.1, 0.15) is 49.7 Å². The van der Waals surface area contributed by atoms with Crippen molar-refractivity contribution in [3.8, 4) is 0 Å². The number of aliphatic carboxylic acids is 2. The molecule has 0 radical (unpaired) electrons. The van der Waals surface area contributed by atoms with E-state index >= 15 is 0 Å². The van der Waals surface area contributed by atoms with Crippen molar-refractivity contribution in [2.75, 3.05) is 6.54 Å². The van der Waals surface area contributed by atoms with Gasteiger partial charge in [0.05, 0.1) is 17.9 Å². The van der Waals surface area contributed by atoms with Gasteiger partial charge >= 0.3 is 11.9 Å². The summed E-state index contributed by atoms with van der Waals surface area (Å²) in [6, 6.07) is 3.72. The smallest absolute Gasteiger partial charge is 0.303 e. The van der Waals surface area contributed by atoms with Crippen LogP contribution in [0.2, 0.25) is 0 Å². The summed E-state index contributed by atoms with van der Waals surface area (Å²) in [5, 5.41) is 40.5. The number of nitro benzene ring substituents is 1. The first-order valence-corrected chi connectivity index (χ1v) is 16.8. The fourth-order valence-corrected chi connectivity index (χ4v) is 4.98. The quantitative estimate of drug-likeness (QED) is 0.0413. The van der Waals surface area contributed by atoms with Crippen LogP contribution in [0.5, 0.6) is 0 Å².